The first kappa shape index (κ1) is 10.0. The van der Waals surface area contributed by atoms with Crippen molar-refractivity contribution >= 4 is 33.2 Å². The average Bonchev–Trinajstić information content (AvgIpc) is 2.52. The summed E-state index contributed by atoms with van der Waals surface area (Å²) in [6.07, 6.45) is 2.07. The van der Waals surface area contributed by atoms with Crippen LogP contribution in [0, 0.1) is 6.92 Å². The molecule has 1 aromatic heterocycles. The fraction of sp³-hybridized carbons (Fsp3) is 0.273. The second kappa shape index (κ2) is 3.93. The molecule has 0 radical (unpaired) electrons. The van der Waals surface area contributed by atoms with Gasteiger partial charge in [-0.15, -0.1) is 23.1 Å². The van der Waals surface area contributed by atoms with Crippen LogP contribution in [0.15, 0.2) is 23.1 Å². The SMILES string of the molecule is CSc1cccc2sc(C)c(CO)c12. The summed E-state index contributed by atoms with van der Waals surface area (Å²) in [6.45, 7) is 2.21. The van der Waals surface area contributed by atoms with Gasteiger partial charge >= 0.3 is 0 Å². The van der Waals surface area contributed by atoms with Crippen LogP contribution in [-0.2, 0) is 6.61 Å². The van der Waals surface area contributed by atoms with Crippen LogP contribution < -0.4 is 0 Å². The van der Waals surface area contributed by atoms with Crippen molar-refractivity contribution < 1.29 is 5.11 Å². The topological polar surface area (TPSA) is 20.2 Å². The molecule has 1 heterocycles. The number of benzene rings is 1. The molecule has 0 aliphatic heterocycles. The lowest BCUT2D eigenvalue weighted by atomic mass is 10.1. The molecule has 1 nitrogen and oxygen atoms in total. The maximum absolute atomic E-state index is 9.32. The van der Waals surface area contributed by atoms with Gasteiger partial charge in [0.05, 0.1) is 6.61 Å². The predicted octanol–water partition coefficient (Wildman–Crippen LogP) is 3.42. The van der Waals surface area contributed by atoms with Crippen molar-refractivity contribution in [1.82, 2.24) is 0 Å². The van der Waals surface area contributed by atoms with Gasteiger partial charge in [0.2, 0.25) is 0 Å². The number of hydrogen-bond donors (Lipinski definition) is 1. The van der Waals surface area contributed by atoms with Gasteiger partial charge in [-0.25, -0.2) is 0 Å². The van der Waals surface area contributed by atoms with Crippen LogP contribution in [-0.4, -0.2) is 11.4 Å². The molecule has 74 valence electrons. The largest absolute Gasteiger partial charge is 0.392 e. The smallest absolute Gasteiger partial charge is 0.0699 e. The molecule has 0 bridgehead atoms. The van der Waals surface area contributed by atoms with Crippen molar-refractivity contribution in [3.05, 3.63) is 28.6 Å². The standard InChI is InChI=1S/C11H12OS2/c1-7-8(6-12)11-9(13-2)4-3-5-10(11)14-7/h3-5,12H,6H2,1-2H3. The van der Waals surface area contributed by atoms with Crippen molar-refractivity contribution in [2.45, 2.75) is 18.4 Å². The summed E-state index contributed by atoms with van der Waals surface area (Å²) in [5.41, 5.74) is 1.09. The zero-order valence-electron chi connectivity index (χ0n) is 8.20. The Morgan fingerprint density at radius 1 is 1.43 bits per heavy atom. The van der Waals surface area contributed by atoms with Crippen LogP contribution in [0.5, 0.6) is 0 Å². The van der Waals surface area contributed by atoms with Gasteiger partial charge < -0.3 is 5.11 Å². The molecule has 2 aromatic rings. The van der Waals surface area contributed by atoms with Crippen molar-refractivity contribution in [2.75, 3.05) is 6.26 Å². The Balaban J connectivity index is 2.82. The van der Waals surface area contributed by atoms with Crippen LogP contribution in [0.4, 0.5) is 0 Å². The summed E-state index contributed by atoms with van der Waals surface area (Å²) in [5.74, 6) is 0. The number of aliphatic hydroxyl groups is 1. The first-order valence-electron chi connectivity index (χ1n) is 4.43. The van der Waals surface area contributed by atoms with E-state index in [2.05, 4.69) is 31.4 Å². The quantitative estimate of drug-likeness (QED) is 0.789. The Morgan fingerprint density at radius 3 is 2.86 bits per heavy atom. The van der Waals surface area contributed by atoms with E-state index < -0.39 is 0 Å². The summed E-state index contributed by atoms with van der Waals surface area (Å²) in [4.78, 5) is 2.49. The Labute approximate surface area is 91.8 Å². The first-order chi connectivity index (χ1) is 6.77. The monoisotopic (exact) mass is 224 g/mol. The zero-order chi connectivity index (χ0) is 10.1. The minimum atomic E-state index is 0.142. The Bertz CT molecular complexity index is 460. The van der Waals surface area contributed by atoms with Crippen LogP contribution >= 0.6 is 23.1 Å². The number of fused-ring (bicyclic) bond motifs is 1. The summed E-state index contributed by atoms with van der Waals surface area (Å²) in [7, 11) is 0. The molecule has 0 aliphatic rings. The maximum atomic E-state index is 9.32. The summed E-state index contributed by atoms with van der Waals surface area (Å²) >= 11 is 3.50. The van der Waals surface area contributed by atoms with E-state index in [9.17, 15) is 5.11 Å². The number of thiophene rings is 1. The molecule has 0 amide bonds. The van der Waals surface area contributed by atoms with Crippen molar-refractivity contribution in [2.24, 2.45) is 0 Å². The van der Waals surface area contributed by atoms with E-state index in [0.29, 0.717) is 0 Å². The molecule has 0 spiro atoms. The first-order valence-corrected chi connectivity index (χ1v) is 6.48. The van der Waals surface area contributed by atoms with E-state index in [1.807, 2.05) is 0 Å². The van der Waals surface area contributed by atoms with E-state index in [1.54, 1.807) is 23.1 Å². The predicted molar refractivity (Wildman–Crippen MR) is 64.3 cm³/mol. The maximum Gasteiger partial charge on any atom is 0.0699 e. The molecule has 1 N–H and O–H groups in total. The second-order valence-electron chi connectivity index (χ2n) is 3.13. The van der Waals surface area contributed by atoms with E-state index in [0.717, 1.165) is 5.56 Å². The Kier molecular flexibility index (Phi) is 2.81. The molecule has 2 rings (SSSR count). The van der Waals surface area contributed by atoms with Crippen molar-refractivity contribution in [3.63, 3.8) is 0 Å². The lowest BCUT2D eigenvalue weighted by Crippen LogP contribution is -1.84. The molecule has 1 aromatic carbocycles. The van der Waals surface area contributed by atoms with Gasteiger partial charge in [-0.1, -0.05) is 6.07 Å². The molecule has 0 fully saturated rings. The van der Waals surface area contributed by atoms with Gasteiger partial charge in [-0.3, -0.25) is 0 Å². The van der Waals surface area contributed by atoms with Gasteiger partial charge in [-0.05, 0) is 25.3 Å². The zero-order valence-corrected chi connectivity index (χ0v) is 9.84. The highest BCUT2D eigenvalue weighted by Crippen LogP contribution is 2.36. The van der Waals surface area contributed by atoms with Gasteiger partial charge in [0, 0.05) is 25.4 Å². The van der Waals surface area contributed by atoms with Crippen LogP contribution in [0.1, 0.15) is 10.4 Å². The normalized spacial score (nSPS) is 11.1. The lowest BCUT2D eigenvalue weighted by molar-refractivity contribution is 0.283. The highest BCUT2D eigenvalue weighted by atomic mass is 32.2. The van der Waals surface area contributed by atoms with Crippen molar-refractivity contribution in [1.29, 1.82) is 0 Å². The average molecular weight is 224 g/mol. The Hall–Kier alpha value is -0.510. The van der Waals surface area contributed by atoms with Gasteiger partial charge in [-0.2, -0.15) is 0 Å². The summed E-state index contributed by atoms with van der Waals surface area (Å²) in [5, 5.41) is 10.6. The highest BCUT2D eigenvalue weighted by molar-refractivity contribution is 7.98. The molecule has 0 unspecified atom stereocenters. The number of thioether (sulfide) groups is 1. The highest BCUT2D eigenvalue weighted by Gasteiger charge is 2.10. The Morgan fingerprint density at radius 2 is 2.21 bits per heavy atom. The number of aliphatic hydroxyl groups excluding tert-OH is 1. The van der Waals surface area contributed by atoms with E-state index in [-0.39, 0.29) is 6.61 Å². The van der Waals surface area contributed by atoms with Gasteiger partial charge in [0.25, 0.3) is 0 Å². The molecular weight excluding hydrogens is 212 g/mol. The third-order valence-electron chi connectivity index (χ3n) is 2.36. The van der Waals surface area contributed by atoms with Crippen LogP contribution in [0.25, 0.3) is 10.1 Å². The number of aryl methyl sites for hydroxylation is 1. The minimum absolute atomic E-state index is 0.142. The third-order valence-corrected chi connectivity index (χ3v) is 4.25. The summed E-state index contributed by atoms with van der Waals surface area (Å²) in [6, 6.07) is 6.30. The second-order valence-corrected chi connectivity index (χ2v) is 5.23. The molecule has 0 saturated carbocycles. The number of rotatable bonds is 2. The minimum Gasteiger partial charge on any atom is -0.392 e. The lowest BCUT2D eigenvalue weighted by Gasteiger charge is -2.01. The van der Waals surface area contributed by atoms with Gasteiger partial charge in [0.15, 0.2) is 0 Å². The van der Waals surface area contributed by atoms with E-state index >= 15 is 0 Å². The van der Waals surface area contributed by atoms with E-state index in [4.69, 9.17) is 0 Å². The van der Waals surface area contributed by atoms with Crippen molar-refractivity contribution in [3.8, 4) is 0 Å². The van der Waals surface area contributed by atoms with Crippen LogP contribution in [0.3, 0.4) is 0 Å². The molecule has 14 heavy (non-hydrogen) atoms. The number of hydrogen-bond acceptors (Lipinski definition) is 3. The van der Waals surface area contributed by atoms with Gasteiger partial charge in [0.1, 0.15) is 0 Å². The molecule has 3 heteroatoms. The fourth-order valence-electron chi connectivity index (χ4n) is 1.66. The fourth-order valence-corrected chi connectivity index (χ4v) is 3.47. The molecule has 0 saturated heterocycles. The third kappa shape index (κ3) is 1.45. The molecular formula is C11H12OS2. The summed E-state index contributed by atoms with van der Waals surface area (Å²) < 4.78 is 1.28. The van der Waals surface area contributed by atoms with E-state index in [1.165, 1.54) is 19.9 Å². The molecule has 0 atom stereocenters. The molecule has 0 aliphatic carbocycles. The van der Waals surface area contributed by atoms with Crippen LogP contribution in [0.2, 0.25) is 0 Å².